The predicted molar refractivity (Wildman–Crippen MR) is 244 cm³/mol. The van der Waals surface area contributed by atoms with Gasteiger partial charge in [-0.05, 0) is 35.1 Å². The molecule has 0 aliphatic carbocycles. The molecule has 5 rings (SSSR count). The van der Waals surface area contributed by atoms with Crippen LogP contribution in [0.1, 0.15) is 48.0 Å². The van der Waals surface area contributed by atoms with Crippen molar-refractivity contribution in [2.75, 3.05) is 61.8 Å². The number of nitrogens with zero attached hydrogens (tertiary/aromatic N) is 2. The number of benzene rings is 2. The van der Waals surface area contributed by atoms with Crippen LogP contribution < -0.4 is 26.2 Å². The van der Waals surface area contributed by atoms with E-state index in [0.29, 0.717) is 6.54 Å². The summed E-state index contributed by atoms with van der Waals surface area (Å²) in [5, 5.41) is 56.9. The molecule has 0 spiro atoms. The molecule has 2 aromatic rings. The van der Waals surface area contributed by atoms with Gasteiger partial charge in [-0.1, -0.05) is 90.1 Å². The number of ether oxygens (including phenoxy) is 3. The number of fused-ring (bicyclic) bond motifs is 2. The van der Waals surface area contributed by atoms with E-state index in [1.807, 2.05) is 90.1 Å². The monoisotopic (exact) mass is 905 g/mol. The van der Waals surface area contributed by atoms with E-state index < -0.39 is 72.5 Å². The molecule has 18 heteroatoms. The third kappa shape index (κ3) is 15.4. The summed E-state index contributed by atoms with van der Waals surface area (Å²) in [6.07, 6.45) is -3.94. The second-order valence-electron chi connectivity index (χ2n) is 17.7. The minimum atomic E-state index is -1.65. The van der Waals surface area contributed by atoms with Gasteiger partial charge in [0.2, 0.25) is 11.8 Å². The Bertz CT molecular complexity index is 1880. The zero-order valence-corrected chi connectivity index (χ0v) is 38.6. The van der Waals surface area contributed by atoms with Crippen molar-refractivity contribution in [3.05, 3.63) is 72.8 Å². The fraction of sp³-hybridized carbons (Fsp3) is 0.556. The molecule has 0 saturated carbocycles. The number of nitrogens with one attached hydrogen (secondary N) is 2. The zero-order valence-electron chi connectivity index (χ0n) is 37.8. The number of aliphatic hydroxyl groups excluding tert-OH is 5. The van der Waals surface area contributed by atoms with Gasteiger partial charge >= 0.3 is 5.97 Å². The van der Waals surface area contributed by atoms with Gasteiger partial charge in [0, 0.05) is 47.8 Å². The van der Waals surface area contributed by atoms with Crippen molar-refractivity contribution in [3.8, 4) is 0 Å². The Hall–Kier alpha value is -4.43. The first-order chi connectivity index (χ1) is 28.9. The highest BCUT2D eigenvalue weighted by molar-refractivity contribution is 6.02. The first-order valence-electron chi connectivity index (χ1n) is 20.5. The summed E-state index contributed by atoms with van der Waals surface area (Å²) in [5.74, 6) is -2.13. The van der Waals surface area contributed by atoms with Crippen LogP contribution in [0.3, 0.4) is 0 Å². The van der Waals surface area contributed by atoms with Crippen LogP contribution in [0.2, 0.25) is 0 Å². The first kappa shape index (κ1) is 54.7. The van der Waals surface area contributed by atoms with Gasteiger partial charge in [-0.15, -0.1) is 12.4 Å². The number of methoxy groups -OCH3 is 2. The highest BCUT2D eigenvalue weighted by atomic mass is 35.5. The van der Waals surface area contributed by atoms with E-state index in [1.54, 1.807) is 31.1 Å². The van der Waals surface area contributed by atoms with Crippen LogP contribution in [-0.2, 0) is 33.4 Å². The average Bonchev–Trinajstić information content (AvgIpc) is 3.40. The lowest BCUT2D eigenvalue weighted by Crippen LogP contribution is -2.49. The van der Waals surface area contributed by atoms with E-state index in [9.17, 15) is 44.7 Å². The number of halogens is 1. The third-order valence-corrected chi connectivity index (χ3v) is 10.2. The van der Waals surface area contributed by atoms with E-state index in [-0.39, 0.29) is 48.0 Å². The van der Waals surface area contributed by atoms with Gasteiger partial charge in [-0.25, -0.2) is 4.79 Å². The molecular formula is C45H68ClN5O12. The van der Waals surface area contributed by atoms with E-state index in [4.69, 9.17) is 19.9 Å². The number of amides is 2. The quantitative estimate of drug-likeness (QED) is 0.119. The SMILES string of the molecule is CN1C(=O)[C@@H](N)CNc2ccccc21.CO[C@@H](C(=O)C[C@H]1CNc2ccccc2N(C)C1=O)[C@H](O)[C@@H](O)[C@H](O)/C=C/C(C)(C)C.CO[C@H]1C(=O)O[C@@H]([C@H](O)/C=C/C(C)(C)C)[C@H]1O.Cl. The highest BCUT2D eigenvalue weighted by Gasteiger charge is 2.47. The molecule has 2 aromatic carbocycles. The molecule has 0 unspecified atom stereocenters. The summed E-state index contributed by atoms with van der Waals surface area (Å²) in [5.41, 5.74) is 8.73. The number of nitrogens with two attached hydrogens (primary N) is 1. The molecule has 1 saturated heterocycles. The summed E-state index contributed by atoms with van der Waals surface area (Å²) < 4.78 is 14.8. The smallest absolute Gasteiger partial charge is 0.338 e. The van der Waals surface area contributed by atoms with Crippen molar-refractivity contribution in [3.63, 3.8) is 0 Å². The number of carbonyl (C=O) groups is 4. The summed E-state index contributed by atoms with van der Waals surface area (Å²) in [6, 6.07) is 14.6. The number of anilines is 4. The molecule has 17 nitrogen and oxygen atoms in total. The Morgan fingerprint density at radius 2 is 1.32 bits per heavy atom. The largest absolute Gasteiger partial charge is 0.454 e. The molecule has 10 atom stereocenters. The average molecular weight is 907 g/mol. The summed E-state index contributed by atoms with van der Waals surface area (Å²) in [6.45, 7) is 12.4. The second-order valence-corrected chi connectivity index (χ2v) is 17.7. The number of rotatable bonds is 11. The third-order valence-electron chi connectivity index (χ3n) is 10.2. The van der Waals surface area contributed by atoms with Crippen LogP contribution in [0.15, 0.2) is 72.8 Å². The van der Waals surface area contributed by atoms with Crippen molar-refractivity contribution in [2.24, 2.45) is 22.5 Å². The topological polar surface area (TPSA) is 254 Å². The van der Waals surface area contributed by atoms with Crippen molar-refractivity contribution >= 4 is 58.7 Å². The van der Waals surface area contributed by atoms with Gasteiger partial charge in [0.05, 0.1) is 28.7 Å². The number of aliphatic hydroxyl groups is 5. The molecule has 0 radical (unpaired) electrons. The van der Waals surface area contributed by atoms with Crippen LogP contribution in [-0.4, -0.2) is 145 Å². The number of para-hydroxylation sites is 4. The minimum Gasteiger partial charge on any atom is -0.454 e. The van der Waals surface area contributed by atoms with E-state index in [2.05, 4.69) is 10.6 Å². The zero-order chi connectivity index (χ0) is 46.7. The van der Waals surface area contributed by atoms with Gasteiger partial charge in [0.15, 0.2) is 18.0 Å². The Morgan fingerprint density at radius 3 is 1.81 bits per heavy atom. The molecule has 9 N–H and O–H groups in total. The van der Waals surface area contributed by atoms with Gasteiger partial charge in [-0.3, -0.25) is 14.4 Å². The number of hydrogen-bond acceptors (Lipinski definition) is 15. The number of esters is 1. The molecule has 3 heterocycles. The van der Waals surface area contributed by atoms with Crippen molar-refractivity contribution in [1.29, 1.82) is 0 Å². The molecule has 63 heavy (non-hydrogen) atoms. The van der Waals surface area contributed by atoms with Crippen LogP contribution in [0.25, 0.3) is 0 Å². The van der Waals surface area contributed by atoms with Crippen LogP contribution in [0, 0.1) is 16.7 Å². The minimum absolute atomic E-state index is 0. The second kappa shape index (κ2) is 24.0. The van der Waals surface area contributed by atoms with Gasteiger partial charge in [-0.2, -0.15) is 0 Å². The maximum Gasteiger partial charge on any atom is 0.338 e. The Balaban J connectivity index is 0.000000357. The Labute approximate surface area is 376 Å². The molecule has 2 amide bonds. The lowest BCUT2D eigenvalue weighted by atomic mass is 9.91. The fourth-order valence-electron chi connectivity index (χ4n) is 6.67. The van der Waals surface area contributed by atoms with Crippen LogP contribution >= 0.6 is 12.4 Å². The Morgan fingerprint density at radius 1 is 0.825 bits per heavy atom. The molecule has 352 valence electrons. The van der Waals surface area contributed by atoms with Crippen LogP contribution in [0.4, 0.5) is 22.7 Å². The maximum atomic E-state index is 12.9. The Kier molecular flexibility index (Phi) is 20.9. The number of ketones is 1. The molecular weight excluding hydrogens is 838 g/mol. The molecule has 1 fully saturated rings. The van der Waals surface area contributed by atoms with Gasteiger partial charge < -0.3 is 65.9 Å². The van der Waals surface area contributed by atoms with Gasteiger partial charge in [0.25, 0.3) is 0 Å². The standard InChI is InChI=1S/C23H34N2O6.C12H20O5.C10H13N3O.ClH/c1-23(2,3)11-10-17(26)19(28)20(29)21(31-5)18(27)12-14-13-24-15-8-6-7-9-16(15)25(4)22(14)30;1-12(2,3)6-5-7(13)9-8(14)10(16-4)11(15)17-9;1-13-9-5-3-2-4-8(9)12-6-7(11)10(13)14;/h6-11,14,17,19-21,24,26,28-29H,12-13H2,1-5H3;5-10,13-14H,1-4H3;2-5,7,12H,6,11H2,1H3;1H/b11-10+;6-5+;;/t14-,17+,19-,20+,21-;7-,8-,9+,10-;7-;/m010./s1. The summed E-state index contributed by atoms with van der Waals surface area (Å²) in [4.78, 5) is 51.8. The lowest BCUT2D eigenvalue weighted by Gasteiger charge is -2.28. The number of likely N-dealkylation sites (N-methyl/N-ethyl adjacent to an activating group) is 1. The number of cyclic esters (lactones) is 1. The normalized spacial score (nSPS) is 23.7. The maximum absolute atomic E-state index is 12.9. The lowest BCUT2D eigenvalue weighted by molar-refractivity contribution is -0.150. The summed E-state index contributed by atoms with van der Waals surface area (Å²) in [7, 11) is 5.95. The van der Waals surface area contributed by atoms with Crippen molar-refractivity contribution in [2.45, 2.75) is 103 Å². The number of hydrogen-bond donors (Lipinski definition) is 8. The number of Topliss-reactive ketones (excluding diaryl/α,β-unsaturated/α-hetero) is 1. The number of allylic oxidation sites excluding steroid dienone is 2. The van der Waals surface area contributed by atoms with E-state index in [1.165, 1.54) is 31.3 Å². The molecule has 0 bridgehead atoms. The number of carbonyl (C=O) groups excluding carboxylic acids is 4. The highest BCUT2D eigenvalue weighted by Crippen LogP contribution is 2.31. The predicted octanol–water partition coefficient (Wildman–Crippen LogP) is 2.43. The summed E-state index contributed by atoms with van der Waals surface area (Å²) >= 11 is 0. The van der Waals surface area contributed by atoms with Gasteiger partial charge in [0.1, 0.15) is 42.7 Å². The van der Waals surface area contributed by atoms with E-state index >= 15 is 0 Å². The van der Waals surface area contributed by atoms with E-state index in [0.717, 1.165) is 22.7 Å². The van der Waals surface area contributed by atoms with Crippen LogP contribution in [0.5, 0.6) is 0 Å². The van der Waals surface area contributed by atoms with Crippen molar-refractivity contribution in [1.82, 2.24) is 0 Å². The molecule has 3 aliphatic rings. The first-order valence-corrected chi connectivity index (χ1v) is 20.5. The molecule has 0 aromatic heterocycles. The fourth-order valence-corrected chi connectivity index (χ4v) is 6.67. The van der Waals surface area contributed by atoms with Crippen molar-refractivity contribution < 1.29 is 58.9 Å². The molecule has 3 aliphatic heterocycles.